The Morgan fingerprint density at radius 2 is 2.12 bits per heavy atom. The molecule has 0 aromatic heterocycles. The highest BCUT2D eigenvalue weighted by Crippen LogP contribution is 2.03. The van der Waals surface area contributed by atoms with Crippen LogP contribution in [-0.4, -0.2) is 12.6 Å². The molecule has 0 saturated heterocycles. The third-order valence-electron chi connectivity index (χ3n) is 1.95. The van der Waals surface area contributed by atoms with Gasteiger partial charge in [-0.1, -0.05) is 36.6 Å². The average molecular weight is 226 g/mol. The number of rotatable bonds is 3. The molecule has 1 aromatic rings. The lowest BCUT2D eigenvalue weighted by Crippen LogP contribution is -1.98. The van der Waals surface area contributed by atoms with Gasteiger partial charge in [-0.2, -0.15) is 0 Å². The lowest BCUT2D eigenvalue weighted by atomic mass is 10.1. The van der Waals surface area contributed by atoms with Crippen LogP contribution in [0.15, 0.2) is 43.0 Å². The molecule has 2 heteroatoms. The fourth-order valence-corrected chi connectivity index (χ4v) is 1.13. The Balaban J connectivity index is 2.59. The zero-order valence-corrected chi connectivity index (χ0v) is 9.77. The topological polar surface area (TPSA) is 26.3 Å². The van der Waals surface area contributed by atoms with E-state index in [2.05, 4.69) is 18.4 Å². The van der Waals surface area contributed by atoms with Gasteiger partial charge in [-0.25, -0.2) is 4.79 Å². The molecule has 0 bridgehead atoms. The molecule has 0 N–H and O–H groups in total. The Hall–Kier alpha value is -2.27. The van der Waals surface area contributed by atoms with E-state index in [4.69, 9.17) is 4.74 Å². The first-order valence-corrected chi connectivity index (χ1v) is 5.33. The van der Waals surface area contributed by atoms with Crippen LogP contribution in [-0.2, 0) is 9.53 Å². The molecule has 0 atom stereocenters. The largest absolute Gasteiger partial charge is 0.463 e. The molecule has 1 aromatic carbocycles. The van der Waals surface area contributed by atoms with Crippen molar-refractivity contribution in [2.24, 2.45) is 0 Å². The first-order chi connectivity index (χ1) is 8.26. The standard InChI is InChI=1S/C15H14O2/c1-3-13-9-11-14(12-10-13)7-5-6-8-15(16)17-4-2/h3,6,8-12H,1,4H2,2H3/b8-6-. The number of ether oxygens (including phenoxy) is 1. The molecule has 0 heterocycles. The van der Waals surface area contributed by atoms with Crippen molar-refractivity contribution < 1.29 is 9.53 Å². The SMILES string of the molecule is C=Cc1ccc(C#C/C=C\C(=O)OCC)cc1. The fourth-order valence-electron chi connectivity index (χ4n) is 1.13. The van der Waals surface area contributed by atoms with Crippen molar-refractivity contribution in [1.29, 1.82) is 0 Å². The third-order valence-corrected chi connectivity index (χ3v) is 1.95. The van der Waals surface area contributed by atoms with E-state index in [1.807, 2.05) is 24.3 Å². The van der Waals surface area contributed by atoms with Gasteiger partial charge in [0.15, 0.2) is 0 Å². The van der Waals surface area contributed by atoms with E-state index in [1.165, 1.54) is 12.2 Å². The quantitative estimate of drug-likeness (QED) is 0.450. The van der Waals surface area contributed by atoms with Crippen LogP contribution in [0.4, 0.5) is 0 Å². The Labute approximate surface area is 102 Å². The maximum absolute atomic E-state index is 11.0. The Kier molecular flexibility index (Phi) is 5.33. The van der Waals surface area contributed by atoms with Gasteiger partial charge in [-0.05, 0) is 30.7 Å². The molecule has 0 fully saturated rings. The van der Waals surface area contributed by atoms with Crippen LogP contribution >= 0.6 is 0 Å². The normalized spacial score (nSPS) is 9.47. The number of benzene rings is 1. The monoisotopic (exact) mass is 226 g/mol. The second-order valence-corrected chi connectivity index (χ2v) is 3.18. The molecule has 0 aliphatic heterocycles. The van der Waals surface area contributed by atoms with Gasteiger partial charge in [-0.3, -0.25) is 0 Å². The van der Waals surface area contributed by atoms with E-state index in [0.717, 1.165) is 11.1 Å². The van der Waals surface area contributed by atoms with Gasteiger partial charge in [-0.15, -0.1) is 0 Å². The number of hydrogen-bond donors (Lipinski definition) is 0. The molecule has 2 nitrogen and oxygen atoms in total. The summed E-state index contributed by atoms with van der Waals surface area (Å²) in [6.07, 6.45) is 4.58. The second kappa shape index (κ2) is 7.08. The van der Waals surface area contributed by atoms with Crippen LogP contribution in [0.25, 0.3) is 6.08 Å². The summed E-state index contributed by atoms with van der Waals surface area (Å²) in [4.78, 5) is 11.0. The van der Waals surface area contributed by atoms with Crippen molar-refractivity contribution in [3.63, 3.8) is 0 Å². The smallest absolute Gasteiger partial charge is 0.331 e. The minimum atomic E-state index is -0.371. The average Bonchev–Trinajstić information content (AvgIpc) is 2.36. The van der Waals surface area contributed by atoms with E-state index in [0.29, 0.717) is 6.61 Å². The zero-order chi connectivity index (χ0) is 12.5. The summed E-state index contributed by atoms with van der Waals surface area (Å²) in [6, 6.07) is 7.68. The van der Waals surface area contributed by atoms with Crippen LogP contribution < -0.4 is 0 Å². The second-order valence-electron chi connectivity index (χ2n) is 3.18. The van der Waals surface area contributed by atoms with Crippen molar-refractivity contribution in [2.75, 3.05) is 6.61 Å². The molecule has 0 amide bonds. The number of allylic oxidation sites excluding steroid dienone is 1. The van der Waals surface area contributed by atoms with E-state index in [9.17, 15) is 4.79 Å². The summed E-state index contributed by atoms with van der Waals surface area (Å²) in [5, 5.41) is 0. The van der Waals surface area contributed by atoms with Gasteiger partial charge >= 0.3 is 5.97 Å². The van der Waals surface area contributed by atoms with Crippen LogP contribution in [0.5, 0.6) is 0 Å². The van der Waals surface area contributed by atoms with Gasteiger partial charge in [0.1, 0.15) is 0 Å². The zero-order valence-electron chi connectivity index (χ0n) is 9.77. The van der Waals surface area contributed by atoms with Crippen molar-refractivity contribution in [3.8, 4) is 11.8 Å². The maximum Gasteiger partial charge on any atom is 0.331 e. The molecule has 0 unspecified atom stereocenters. The Bertz CT molecular complexity index is 470. The molecular formula is C15H14O2. The van der Waals surface area contributed by atoms with Gasteiger partial charge in [0.05, 0.1) is 6.61 Å². The summed E-state index contributed by atoms with van der Waals surface area (Å²) in [5.74, 6) is 5.31. The molecular weight excluding hydrogens is 212 g/mol. The van der Waals surface area contributed by atoms with Crippen LogP contribution in [0.2, 0.25) is 0 Å². The van der Waals surface area contributed by atoms with Gasteiger partial charge in [0.25, 0.3) is 0 Å². The van der Waals surface area contributed by atoms with Crippen molar-refractivity contribution in [3.05, 3.63) is 54.1 Å². The predicted octanol–water partition coefficient (Wildman–Crippen LogP) is 2.80. The van der Waals surface area contributed by atoms with E-state index >= 15 is 0 Å². The number of esters is 1. The Morgan fingerprint density at radius 1 is 1.41 bits per heavy atom. The summed E-state index contributed by atoms with van der Waals surface area (Å²) in [7, 11) is 0. The highest BCUT2D eigenvalue weighted by Gasteiger charge is 1.90. The minimum absolute atomic E-state index is 0.371. The lowest BCUT2D eigenvalue weighted by molar-refractivity contribution is -0.137. The number of carbonyl (C=O) groups is 1. The van der Waals surface area contributed by atoms with Crippen LogP contribution in [0.3, 0.4) is 0 Å². The molecule has 0 radical (unpaired) electrons. The highest BCUT2D eigenvalue weighted by molar-refractivity contribution is 5.82. The lowest BCUT2D eigenvalue weighted by Gasteiger charge is -1.92. The summed E-state index contributed by atoms with van der Waals surface area (Å²) in [6.45, 7) is 5.81. The van der Waals surface area contributed by atoms with Gasteiger partial charge in [0.2, 0.25) is 0 Å². The highest BCUT2D eigenvalue weighted by atomic mass is 16.5. The molecule has 1 rings (SSSR count). The molecule has 0 saturated carbocycles. The summed E-state index contributed by atoms with van der Waals surface area (Å²) in [5.41, 5.74) is 1.95. The first kappa shape index (κ1) is 12.8. The molecule has 86 valence electrons. The summed E-state index contributed by atoms with van der Waals surface area (Å²) < 4.78 is 4.72. The molecule has 17 heavy (non-hydrogen) atoms. The maximum atomic E-state index is 11.0. The first-order valence-electron chi connectivity index (χ1n) is 5.33. The van der Waals surface area contributed by atoms with Crippen molar-refractivity contribution >= 4 is 12.0 Å². The fraction of sp³-hybridized carbons (Fsp3) is 0.133. The third kappa shape index (κ3) is 4.85. The van der Waals surface area contributed by atoms with E-state index in [-0.39, 0.29) is 5.97 Å². The van der Waals surface area contributed by atoms with Crippen LogP contribution in [0.1, 0.15) is 18.1 Å². The predicted molar refractivity (Wildman–Crippen MR) is 69.2 cm³/mol. The number of carbonyl (C=O) groups excluding carboxylic acids is 1. The van der Waals surface area contributed by atoms with Crippen molar-refractivity contribution in [2.45, 2.75) is 6.92 Å². The Morgan fingerprint density at radius 3 is 2.71 bits per heavy atom. The molecule has 0 spiro atoms. The molecule has 0 aliphatic carbocycles. The number of hydrogen-bond acceptors (Lipinski definition) is 2. The molecule has 0 aliphatic rings. The van der Waals surface area contributed by atoms with E-state index in [1.54, 1.807) is 13.0 Å². The summed E-state index contributed by atoms with van der Waals surface area (Å²) >= 11 is 0. The minimum Gasteiger partial charge on any atom is -0.463 e. The van der Waals surface area contributed by atoms with Crippen molar-refractivity contribution in [1.82, 2.24) is 0 Å². The van der Waals surface area contributed by atoms with Crippen LogP contribution in [0, 0.1) is 11.8 Å². The van der Waals surface area contributed by atoms with E-state index < -0.39 is 0 Å². The van der Waals surface area contributed by atoms with Gasteiger partial charge < -0.3 is 4.74 Å². The van der Waals surface area contributed by atoms with Gasteiger partial charge in [0, 0.05) is 11.6 Å².